The number of benzene rings is 2. The highest BCUT2D eigenvalue weighted by atomic mass is 19.1. The SMILES string of the molecule is CC(C)COc1ccc(NC(=O)c2ccc(F)cc2)cc1. The third-order valence-electron chi connectivity index (χ3n) is 2.80. The molecule has 0 aliphatic rings. The summed E-state index contributed by atoms with van der Waals surface area (Å²) in [6, 6.07) is 12.6. The topological polar surface area (TPSA) is 38.3 Å². The first-order valence-corrected chi connectivity index (χ1v) is 6.84. The van der Waals surface area contributed by atoms with Crippen LogP contribution in [0, 0.1) is 11.7 Å². The van der Waals surface area contributed by atoms with E-state index < -0.39 is 0 Å². The van der Waals surface area contributed by atoms with Gasteiger partial charge >= 0.3 is 0 Å². The zero-order valence-electron chi connectivity index (χ0n) is 12.1. The molecule has 0 spiro atoms. The number of halogens is 1. The van der Waals surface area contributed by atoms with Crippen LogP contribution in [0.1, 0.15) is 24.2 Å². The normalized spacial score (nSPS) is 10.5. The Morgan fingerprint density at radius 3 is 2.29 bits per heavy atom. The van der Waals surface area contributed by atoms with E-state index in [0.717, 1.165) is 5.75 Å². The smallest absolute Gasteiger partial charge is 0.255 e. The van der Waals surface area contributed by atoms with E-state index >= 15 is 0 Å². The molecule has 0 radical (unpaired) electrons. The van der Waals surface area contributed by atoms with Crippen LogP contribution in [0.5, 0.6) is 5.75 Å². The van der Waals surface area contributed by atoms with Crippen LogP contribution >= 0.6 is 0 Å². The van der Waals surface area contributed by atoms with Gasteiger partial charge in [-0.15, -0.1) is 0 Å². The van der Waals surface area contributed by atoms with Crippen molar-refractivity contribution < 1.29 is 13.9 Å². The van der Waals surface area contributed by atoms with E-state index in [0.29, 0.717) is 23.8 Å². The number of hydrogen-bond donors (Lipinski definition) is 1. The Kier molecular flexibility index (Phi) is 4.93. The van der Waals surface area contributed by atoms with Crippen molar-refractivity contribution >= 4 is 11.6 Å². The van der Waals surface area contributed by atoms with E-state index in [1.165, 1.54) is 24.3 Å². The van der Waals surface area contributed by atoms with Gasteiger partial charge in [0, 0.05) is 11.3 Å². The standard InChI is InChI=1S/C17H18FNO2/c1-12(2)11-21-16-9-7-15(8-10-16)19-17(20)13-3-5-14(18)6-4-13/h3-10,12H,11H2,1-2H3,(H,19,20). The highest BCUT2D eigenvalue weighted by Gasteiger charge is 2.06. The van der Waals surface area contributed by atoms with E-state index in [2.05, 4.69) is 19.2 Å². The van der Waals surface area contributed by atoms with E-state index in [1.807, 2.05) is 12.1 Å². The van der Waals surface area contributed by atoms with Crippen molar-refractivity contribution in [1.82, 2.24) is 0 Å². The monoisotopic (exact) mass is 287 g/mol. The average molecular weight is 287 g/mol. The fourth-order valence-corrected chi connectivity index (χ4v) is 1.70. The van der Waals surface area contributed by atoms with Crippen LogP contribution < -0.4 is 10.1 Å². The lowest BCUT2D eigenvalue weighted by molar-refractivity contribution is 0.102. The number of ether oxygens (including phenoxy) is 1. The molecule has 1 N–H and O–H groups in total. The van der Waals surface area contributed by atoms with Gasteiger partial charge in [-0.1, -0.05) is 13.8 Å². The molecule has 2 aromatic rings. The van der Waals surface area contributed by atoms with Gasteiger partial charge in [-0.3, -0.25) is 4.79 Å². The quantitative estimate of drug-likeness (QED) is 0.898. The zero-order chi connectivity index (χ0) is 15.2. The first-order valence-electron chi connectivity index (χ1n) is 6.84. The van der Waals surface area contributed by atoms with Gasteiger partial charge in [0.25, 0.3) is 5.91 Å². The molecule has 2 rings (SSSR count). The number of carbonyl (C=O) groups is 1. The number of hydrogen-bond acceptors (Lipinski definition) is 2. The Bertz CT molecular complexity index is 591. The Morgan fingerprint density at radius 1 is 1.10 bits per heavy atom. The minimum Gasteiger partial charge on any atom is -0.493 e. The van der Waals surface area contributed by atoms with Crippen molar-refractivity contribution in [2.45, 2.75) is 13.8 Å². The molecule has 110 valence electrons. The predicted octanol–water partition coefficient (Wildman–Crippen LogP) is 4.11. The van der Waals surface area contributed by atoms with Gasteiger partial charge < -0.3 is 10.1 Å². The molecule has 1 amide bonds. The van der Waals surface area contributed by atoms with Gasteiger partial charge in [0.05, 0.1) is 6.61 Å². The summed E-state index contributed by atoms with van der Waals surface area (Å²) in [6.07, 6.45) is 0. The Balaban J connectivity index is 1.96. The molecule has 0 bridgehead atoms. The minimum atomic E-state index is -0.363. The maximum absolute atomic E-state index is 12.8. The molecule has 3 nitrogen and oxygen atoms in total. The van der Waals surface area contributed by atoms with Crippen molar-refractivity contribution in [2.24, 2.45) is 5.92 Å². The van der Waals surface area contributed by atoms with Crippen LogP contribution in [-0.4, -0.2) is 12.5 Å². The summed E-state index contributed by atoms with van der Waals surface area (Å²) in [5, 5.41) is 2.75. The highest BCUT2D eigenvalue weighted by Crippen LogP contribution is 2.17. The summed E-state index contributed by atoms with van der Waals surface area (Å²) in [5.41, 5.74) is 1.08. The van der Waals surface area contributed by atoms with Crippen molar-refractivity contribution in [1.29, 1.82) is 0 Å². The predicted molar refractivity (Wildman–Crippen MR) is 81.1 cm³/mol. The summed E-state index contributed by atoms with van der Waals surface area (Å²) in [4.78, 5) is 12.0. The van der Waals surface area contributed by atoms with Crippen LogP contribution in [-0.2, 0) is 0 Å². The number of nitrogens with one attached hydrogen (secondary N) is 1. The third-order valence-corrected chi connectivity index (χ3v) is 2.80. The molecule has 0 fully saturated rings. The summed E-state index contributed by atoms with van der Waals surface area (Å²) in [5.74, 6) is 0.593. The molecule has 0 unspecified atom stereocenters. The van der Waals surface area contributed by atoms with Crippen molar-refractivity contribution in [3.05, 3.63) is 59.9 Å². The molecule has 2 aromatic carbocycles. The summed E-state index contributed by atoms with van der Waals surface area (Å²) >= 11 is 0. The van der Waals surface area contributed by atoms with Crippen molar-refractivity contribution in [3.8, 4) is 5.75 Å². The first-order chi connectivity index (χ1) is 10.0. The van der Waals surface area contributed by atoms with Gasteiger partial charge in [-0.25, -0.2) is 4.39 Å². The minimum absolute atomic E-state index is 0.272. The number of carbonyl (C=O) groups excluding carboxylic acids is 1. The van der Waals surface area contributed by atoms with Crippen molar-refractivity contribution in [3.63, 3.8) is 0 Å². The average Bonchev–Trinajstić information content (AvgIpc) is 2.47. The molecule has 0 aliphatic heterocycles. The fourth-order valence-electron chi connectivity index (χ4n) is 1.70. The lowest BCUT2D eigenvalue weighted by atomic mass is 10.2. The molecular weight excluding hydrogens is 269 g/mol. The van der Waals surface area contributed by atoms with Gasteiger partial charge in [0.1, 0.15) is 11.6 Å². The van der Waals surface area contributed by atoms with E-state index in [1.54, 1.807) is 12.1 Å². The molecule has 0 saturated carbocycles. The number of amides is 1. The summed E-state index contributed by atoms with van der Waals surface area (Å²) in [7, 11) is 0. The first kappa shape index (κ1) is 15.0. The van der Waals surface area contributed by atoms with Crippen LogP contribution in [0.25, 0.3) is 0 Å². The van der Waals surface area contributed by atoms with Gasteiger partial charge in [-0.2, -0.15) is 0 Å². The third kappa shape index (κ3) is 4.60. The molecule has 4 heteroatoms. The Morgan fingerprint density at radius 2 is 1.71 bits per heavy atom. The summed E-state index contributed by atoms with van der Waals surface area (Å²) < 4.78 is 18.4. The van der Waals surface area contributed by atoms with Crippen LogP contribution in [0.2, 0.25) is 0 Å². The van der Waals surface area contributed by atoms with Crippen molar-refractivity contribution in [2.75, 3.05) is 11.9 Å². The van der Waals surface area contributed by atoms with Crippen LogP contribution in [0.4, 0.5) is 10.1 Å². The largest absolute Gasteiger partial charge is 0.493 e. The molecular formula is C17H18FNO2. The molecule has 0 atom stereocenters. The number of anilines is 1. The number of rotatable bonds is 5. The second-order valence-corrected chi connectivity index (χ2v) is 5.19. The highest BCUT2D eigenvalue weighted by molar-refractivity contribution is 6.04. The van der Waals surface area contributed by atoms with Crippen LogP contribution in [0.15, 0.2) is 48.5 Å². The molecule has 0 aliphatic carbocycles. The molecule has 21 heavy (non-hydrogen) atoms. The Labute approximate surface area is 123 Å². The molecule has 0 aromatic heterocycles. The summed E-state index contributed by atoms with van der Waals surface area (Å²) in [6.45, 7) is 4.82. The Hall–Kier alpha value is -2.36. The van der Waals surface area contributed by atoms with Crippen LogP contribution in [0.3, 0.4) is 0 Å². The second-order valence-electron chi connectivity index (χ2n) is 5.19. The van der Waals surface area contributed by atoms with E-state index in [-0.39, 0.29) is 11.7 Å². The molecule has 0 saturated heterocycles. The maximum atomic E-state index is 12.8. The fraction of sp³-hybridized carbons (Fsp3) is 0.235. The molecule has 0 heterocycles. The maximum Gasteiger partial charge on any atom is 0.255 e. The second kappa shape index (κ2) is 6.88. The lowest BCUT2D eigenvalue weighted by Gasteiger charge is -2.10. The lowest BCUT2D eigenvalue weighted by Crippen LogP contribution is -2.11. The van der Waals surface area contributed by atoms with Gasteiger partial charge in [0.2, 0.25) is 0 Å². The zero-order valence-corrected chi connectivity index (χ0v) is 12.1. The van der Waals surface area contributed by atoms with Gasteiger partial charge in [0.15, 0.2) is 0 Å². The van der Waals surface area contributed by atoms with E-state index in [4.69, 9.17) is 4.74 Å². The van der Waals surface area contributed by atoms with E-state index in [9.17, 15) is 9.18 Å². The van der Waals surface area contributed by atoms with Gasteiger partial charge in [-0.05, 0) is 54.4 Å².